The topological polar surface area (TPSA) is 29.1 Å². The minimum absolute atomic E-state index is 0.244. The number of quaternary nitrogens is 1. The summed E-state index contributed by atoms with van der Waals surface area (Å²) in [5.41, 5.74) is 0. The van der Waals surface area contributed by atoms with E-state index >= 15 is 0 Å². The van der Waals surface area contributed by atoms with Gasteiger partial charge in [-0.2, -0.15) is 0 Å². The van der Waals surface area contributed by atoms with E-state index in [4.69, 9.17) is 0 Å². The van der Waals surface area contributed by atoms with Crippen molar-refractivity contribution >= 4 is 5.91 Å². The van der Waals surface area contributed by atoms with Crippen molar-refractivity contribution in [2.45, 2.75) is 31.7 Å². The Labute approximate surface area is 79.7 Å². The van der Waals surface area contributed by atoms with Gasteiger partial charge in [-0.05, 0) is 12.8 Å². The average Bonchev–Trinajstić information content (AvgIpc) is 2.27. The van der Waals surface area contributed by atoms with Gasteiger partial charge in [-0.3, -0.25) is 4.79 Å². The molecular weight excluding hydrogens is 164 g/mol. The van der Waals surface area contributed by atoms with Crippen LogP contribution in [0.25, 0.3) is 0 Å². The number of rotatable bonds is 0. The molecule has 0 aromatic heterocycles. The van der Waals surface area contributed by atoms with Crippen molar-refractivity contribution in [3.63, 3.8) is 0 Å². The lowest BCUT2D eigenvalue weighted by atomic mass is 9.99. The van der Waals surface area contributed by atoms with Crippen molar-refractivity contribution < 1.29 is 9.28 Å². The van der Waals surface area contributed by atoms with Crippen molar-refractivity contribution in [1.82, 2.24) is 5.32 Å². The molecule has 3 heteroatoms. The standard InChI is InChI=1S/C10H18N2O/c1-12-6-3-2-4-9(12)8-11-10(13)5-7-12/h9H,2-8H2,1H3/p+1/t9-,12+/m0/s1. The number of nitrogens with zero attached hydrogens (tertiary/aromatic N) is 1. The second-order valence-corrected chi connectivity index (χ2v) is 4.63. The van der Waals surface area contributed by atoms with E-state index in [-0.39, 0.29) is 5.91 Å². The van der Waals surface area contributed by atoms with Crippen LogP contribution in [0.3, 0.4) is 0 Å². The number of likely N-dealkylation sites (N-methyl/N-ethyl adjacent to an activating group) is 1. The number of hydrogen-bond acceptors (Lipinski definition) is 1. The monoisotopic (exact) mass is 183 g/mol. The molecule has 2 heterocycles. The molecule has 13 heavy (non-hydrogen) atoms. The largest absolute Gasteiger partial charge is 0.350 e. The molecule has 2 fully saturated rings. The lowest BCUT2D eigenvalue weighted by molar-refractivity contribution is -0.935. The second kappa shape index (κ2) is 3.29. The lowest BCUT2D eigenvalue weighted by Crippen LogP contribution is -2.57. The summed E-state index contributed by atoms with van der Waals surface area (Å²) in [6.07, 6.45) is 4.68. The molecule has 1 N–H and O–H groups in total. The molecule has 2 atom stereocenters. The van der Waals surface area contributed by atoms with Crippen molar-refractivity contribution in [3.05, 3.63) is 0 Å². The van der Waals surface area contributed by atoms with Crippen molar-refractivity contribution in [3.8, 4) is 0 Å². The third-order valence-corrected chi connectivity index (χ3v) is 3.72. The fourth-order valence-electron chi connectivity index (χ4n) is 2.64. The van der Waals surface area contributed by atoms with Crippen molar-refractivity contribution in [2.75, 3.05) is 26.7 Å². The van der Waals surface area contributed by atoms with Gasteiger partial charge in [-0.25, -0.2) is 0 Å². The maximum Gasteiger partial charge on any atom is 0.225 e. The van der Waals surface area contributed by atoms with Crippen LogP contribution in [0.2, 0.25) is 0 Å². The summed E-state index contributed by atoms with van der Waals surface area (Å²) in [4.78, 5) is 11.2. The van der Waals surface area contributed by atoms with Crippen LogP contribution in [0.5, 0.6) is 0 Å². The van der Waals surface area contributed by atoms with Gasteiger partial charge < -0.3 is 9.80 Å². The molecule has 0 saturated carbocycles. The Morgan fingerprint density at radius 3 is 3.08 bits per heavy atom. The zero-order valence-electron chi connectivity index (χ0n) is 8.38. The van der Waals surface area contributed by atoms with Crippen LogP contribution < -0.4 is 5.32 Å². The summed E-state index contributed by atoms with van der Waals surface area (Å²) in [5, 5.41) is 3.01. The van der Waals surface area contributed by atoms with Crippen LogP contribution >= 0.6 is 0 Å². The number of amides is 1. The Balaban J connectivity index is 2.11. The Hall–Kier alpha value is -0.570. The molecule has 0 radical (unpaired) electrons. The predicted molar refractivity (Wildman–Crippen MR) is 51.2 cm³/mol. The molecule has 0 unspecified atom stereocenters. The first-order chi connectivity index (χ1) is 6.21. The van der Waals surface area contributed by atoms with Gasteiger partial charge in [-0.15, -0.1) is 0 Å². The molecule has 74 valence electrons. The van der Waals surface area contributed by atoms with Crippen LogP contribution in [0.15, 0.2) is 0 Å². The summed E-state index contributed by atoms with van der Waals surface area (Å²) < 4.78 is 1.12. The molecule has 2 aliphatic rings. The van der Waals surface area contributed by atoms with E-state index in [9.17, 15) is 4.79 Å². The van der Waals surface area contributed by atoms with Gasteiger partial charge in [0.2, 0.25) is 5.91 Å². The summed E-state index contributed by atoms with van der Waals surface area (Å²) in [7, 11) is 2.31. The van der Waals surface area contributed by atoms with E-state index in [0.29, 0.717) is 12.5 Å². The van der Waals surface area contributed by atoms with Crippen LogP contribution in [-0.2, 0) is 4.79 Å². The summed E-state index contributed by atoms with van der Waals surface area (Å²) in [6, 6.07) is 0.681. The molecule has 1 amide bonds. The molecular formula is C10H19N2O+. The average molecular weight is 183 g/mol. The van der Waals surface area contributed by atoms with Gasteiger partial charge in [0, 0.05) is 6.42 Å². The summed E-state index contributed by atoms with van der Waals surface area (Å²) in [5.74, 6) is 0.244. The second-order valence-electron chi connectivity index (χ2n) is 4.63. The van der Waals surface area contributed by atoms with Gasteiger partial charge >= 0.3 is 0 Å². The van der Waals surface area contributed by atoms with E-state index < -0.39 is 0 Å². The Kier molecular flexibility index (Phi) is 2.28. The van der Waals surface area contributed by atoms with Gasteiger partial charge in [0.05, 0.1) is 33.1 Å². The van der Waals surface area contributed by atoms with Crippen molar-refractivity contribution in [1.29, 1.82) is 0 Å². The minimum atomic E-state index is 0.244. The Morgan fingerprint density at radius 1 is 1.38 bits per heavy atom. The van der Waals surface area contributed by atoms with Gasteiger partial charge in [0.15, 0.2) is 0 Å². The maximum atomic E-state index is 11.2. The number of carbonyl (C=O) groups is 1. The Bertz CT molecular complexity index is 217. The number of fused-ring (bicyclic) bond motifs is 1. The SMILES string of the molecule is C[N@+]12CCCC[C@H]1CNC(=O)CC2. The van der Waals surface area contributed by atoms with Crippen LogP contribution in [-0.4, -0.2) is 43.1 Å². The van der Waals surface area contributed by atoms with E-state index in [0.717, 1.165) is 17.6 Å². The highest BCUT2D eigenvalue weighted by atomic mass is 16.1. The predicted octanol–water partition coefficient (Wildman–Crippen LogP) is 0.505. The highest BCUT2D eigenvalue weighted by Gasteiger charge is 2.37. The van der Waals surface area contributed by atoms with Gasteiger partial charge in [-0.1, -0.05) is 0 Å². The molecule has 2 saturated heterocycles. The number of nitrogens with one attached hydrogen (secondary N) is 1. The third-order valence-electron chi connectivity index (χ3n) is 3.72. The Morgan fingerprint density at radius 2 is 2.23 bits per heavy atom. The molecule has 3 nitrogen and oxygen atoms in total. The smallest absolute Gasteiger partial charge is 0.225 e. The fourth-order valence-corrected chi connectivity index (χ4v) is 2.64. The highest BCUT2D eigenvalue weighted by molar-refractivity contribution is 5.76. The fraction of sp³-hybridized carbons (Fsp3) is 0.900. The van der Waals surface area contributed by atoms with E-state index in [1.54, 1.807) is 0 Å². The number of carbonyl (C=O) groups excluding carboxylic acids is 1. The highest BCUT2D eigenvalue weighted by Crippen LogP contribution is 2.25. The molecule has 0 aromatic rings. The first-order valence-electron chi connectivity index (χ1n) is 5.32. The number of hydrogen-bond donors (Lipinski definition) is 1. The zero-order chi connectivity index (χ0) is 9.31. The molecule has 0 bridgehead atoms. The minimum Gasteiger partial charge on any atom is -0.350 e. The normalized spacial score (nSPS) is 40.4. The first kappa shape index (κ1) is 9.00. The van der Waals surface area contributed by atoms with E-state index in [1.807, 2.05) is 0 Å². The summed E-state index contributed by atoms with van der Waals surface area (Å²) >= 11 is 0. The van der Waals surface area contributed by atoms with Crippen LogP contribution in [0.4, 0.5) is 0 Å². The maximum absolute atomic E-state index is 11.2. The van der Waals surface area contributed by atoms with Gasteiger partial charge in [0.25, 0.3) is 0 Å². The lowest BCUT2D eigenvalue weighted by Gasteiger charge is -2.43. The summed E-state index contributed by atoms with van der Waals surface area (Å²) in [6.45, 7) is 3.20. The quantitative estimate of drug-likeness (QED) is 0.545. The van der Waals surface area contributed by atoms with E-state index in [1.165, 1.54) is 25.8 Å². The zero-order valence-corrected chi connectivity index (χ0v) is 8.38. The third kappa shape index (κ3) is 1.70. The first-order valence-corrected chi connectivity index (χ1v) is 5.32. The molecule has 0 aromatic carbocycles. The van der Waals surface area contributed by atoms with Crippen LogP contribution in [0, 0.1) is 0 Å². The number of piperidine rings is 1. The van der Waals surface area contributed by atoms with Crippen molar-refractivity contribution in [2.24, 2.45) is 0 Å². The molecule has 0 aliphatic carbocycles. The van der Waals surface area contributed by atoms with Crippen LogP contribution in [0.1, 0.15) is 25.7 Å². The van der Waals surface area contributed by atoms with E-state index in [2.05, 4.69) is 12.4 Å². The van der Waals surface area contributed by atoms with Gasteiger partial charge in [0.1, 0.15) is 6.04 Å². The molecule has 2 aliphatic heterocycles. The molecule has 0 spiro atoms. The molecule has 2 rings (SSSR count).